The van der Waals surface area contributed by atoms with Crippen LogP contribution >= 0.6 is 22.7 Å². The van der Waals surface area contributed by atoms with Crippen molar-refractivity contribution in [1.82, 2.24) is 9.97 Å². The number of anilines is 1. The van der Waals surface area contributed by atoms with Crippen LogP contribution in [0.4, 0.5) is 5.13 Å². The monoisotopic (exact) mass is 561 g/mol. The number of aromatic nitrogens is 2. The number of rotatable bonds is 9. The summed E-state index contributed by atoms with van der Waals surface area (Å²) in [5.74, 6) is -0.880. The predicted molar refractivity (Wildman–Crippen MR) is 156 cm³/mol. The van der Waals surface area contributed by atoms with Crippen molar-refractivity contribution >= 4 is 49.7 Å². The first kappa shape index (κ1) is 27.0. The number of fused-ring (bicyclic) bond motifs is 1. The van der Waals surface area contributed by atoms with Gasteiger partial charge < -0.3 is 9.84 Å². The summed E-state index contributed by atoms with van der Waals surface area (Å²) >= 11 is 2.63. The molecule has 2 aromatic heterocycles. The summed E-state index contributed by atoms with van der Waals surface area (Å²) in [5.41, 5.74) is 4.20. The average Bonchev–Trinajstić information content (AvgIpc) is 3.55. The van der Waals surface area contributed by atoms with Gasteiger partial charge in [0, 0.05) is 0 Å². The number of benzene rings is 2. The van der Waals surface area contributed by atoms with Crippen molar-refractivity contribution in [3.8, 4) is 5.75 Å². The first-order valence-corrected chi connectivity index (χ1v) is 14.7. The molecule has 39 heavy (non-hydrogen) atoms. The standard InChI is InChI=1S/C30H31N3O4S2/c1-6-7-8-13-37-21-11-9-20(10-12-21)25-23(26(34)28-18(4)31-19(5)38-28)27(35)29(36)33(25)30-32-24-17(3)14-16(2)15-22(24)39-30/h9-12,14-15,25,35H,6-8,13H2,1-5H3. The van der Waals surface area contributed by atoms with Gasteiger partial charge in [0.15, 0.2) is 10.9 Å². The van der Waals surface area contributed by atoms with Crippen LogP contribution in [0.3, 0.4) is 0 Å². The SMILES string of the molecule is CCCCCOc1ccc(C2C(C(=O)c3sc(C)nc3C)=C(O)C(=O)N2c2nc3c(C)cc(C)cc3s2)cc1. The summed E-state index contributed by atoms with van der Waals surface area (Å²) in [4.78, 5) is 38.5. The van der Waals surface area contributed by atoms with E-state index in [9.17, 15) is 14.7 Å². The summed E-state index contributed by atoms with van der Waals surface area (Å²) in [5, 5.41) is 12.3. The molecule has 202 valence electrons. The van der Waals surface area contributed by atoms with E-state index in [2.05, 4.69) is 11.9 Å². The maximum absolute atomic E-state index is 13.9. The highest BCUT2D eigenvalue weighted by Crippen LogP contribution is 2.45. The van der Waals surface area contributed by atoms with Gasteiger partial charge >= 0.3 is 0 Å². The number of hydrogen-bond acceptors (Lipinski definition) is 8. The molecule has 0 spiro atoms. The van der Waals surface area contributed by atoms with Crippen LogP contribution in [0.15, 0.2) is 47.7 Å². The molecule has 1 N–H and O–H groups in total. The molecule has 0 radical (unpaired) electrons. The fraction of sp³-hybridized carbons (Fsp3) is 0.333. The number of hydrogen-bond donors (Lipinski definition) is 1. The Hall–Kier alpha value is -3.56. The van der Waals surface area contributed by atoms with Gasteiger partial charge in [-0.25, -0.2) is 9.97 Å². The van der Waals surface area contributed by atoms with E-state index in [1.54, 1.807) is 6.92 Å². The molecule has 7 nitrogen and oxygen atoms in total. The number of amides is 1. The van der Waals surface area contributed by atoms with Crippen molar-refractivity contribution in [3.63, 3.8) is 0 Å². The molecule has 0 fully saturated rings. The van der Waals surface area contributed by atoms with Crippen LogP contribution < -0.4 is 9.64 Å². The summed E-state index contributed by atoms with van der Waals surface area (Å²) in [6.45, 7) is 10.4. The second kappa shape index (κ2) is 10.9. The third kappa shape index (κ3) is 5.08. The lowest BCUT2D eigenvalue weighted by Gasteiger charge is -2.24. The highest BCUT2D eigenvalue weighted by atomic mass is 32.1. The molecule has 1 aliphatic heterocycles. The van der Waals surface area contributed by atoms with E-state index in [1.165, 1.54) is 27.6 Å². The van der Waals surface area contributed by atoms with Crippen LogP contribution in [0.25, 0.3) is 10.2 Å². The second-order valence-electron chi connectivity index (χ2n) is 9.87. The number of ketones is 1. The summed E-state index contributed by atoms with van der Waals surface area (Å²) < 4.78 is 6.82. The average molecular weight is 562 g/mol. The van der Waals surface area contributed by atoms with E-state index in [4.69, 9.17) is 9.72 Å². The predicted octanol–water partition coefficient (Wildman–Crippen LogP) is 7.34. The van der Waals surface area contributed by atoms with E-state index >= 15 is 0 Å². The minimum Gasteiger partial charge on any atom is -0.503 e. The van der Waals surface area contributed by atoms with Crippen molar-refractivity contribution in [3.05, 3.63) is 80.0 Å². The molecule has 3 heterocycles. The second-order valence-corrected chi connectivity index (χ2v) is 12.1. The molecular weight excluding hydrogens is 530 g/mol. The Labute approximate surface area is 235 Å². The first-order chi connectivity index (χ1) is 18.7. The van der Waals surface area contributed by atoms with Crippen molar-refractivity contribution in [1.29, 1.82) is 0 Å². The highest BCUT2D eigenvalue weighted by molar-refractivity contribution is 7.22. The minimum atomic E-state index is -0.845. The largest absolute Gasteiger partial charge is 0.503 e. The topological polar surface area (TPSA) is 92.6 Å². The number of unbranched alkanes of at least 4 members (excludes halogenated alkanes) is 2. The molecule has 0 saturated carbocycles. The van der Waals surface area contributed by atoms with Crippen molar-refractivity contribution in [2.24, 2.45) is 0 Å². The van der Waals surface area contributed by atoms with Crippen LogP contribution in [0, 0.1) is 27.7 Å². The summed E-state index contributed by atoms with van der Waals surface area (Å²) in [6, 6.07) is 10.6. The zero-order valence-electron chi connectivity index (χ0n) is 22.7. The van der Waals surface area contributed by atoms with Crippen molar-refractivity contribution in [2.75, 3.05) is 11.5 Å². The number of ether oxygens (including phenoxy) is 1. The molecule has 2 aromatic carbocycles. The maximum Gasteiger partial charge on any atom is 0.296 e. The minimum absolute atomic E-state index is 0.0375. The summed E-state index contributed by atoms with van der Waals surface area (Å²) in [6.07, 6.45) is 3.19. The fourth-order valence-electron chi connectivity index (χ4n) is 4.96. The molecule has 0 bridgehead atoms. The molecule has 9 heteroatoms. The van der Waals surface area contributed by atoms with Crippen LogP contribution in [0.1, 0.15) is 69.3 Å². The van der Waals surface area contributed by atoms with Gasteiger partial charge in [-0.3, -0.25) is 14.5 Å². The molecule has 0 aliphatic carbocycles. The lowest BCUT2D eigenvalue weighted by Crippen LogP contribution is -2.31. The van der Waals surface area contributed by atoms with Crippen LogP contribution in [0.2, 0.25) is 0 Å². The van der Waals surface area contributed by atoms with Crippen molar-refractivity contribution < 1.29 is 19.4 Å². The van der Waals surface area contributed by atoms with Gasteiger partial charge in [-0.15, -0.1) is 11.3 Å². The van der Waals surface area contributed by atoms with E-state index in [-0.39, 0.29) is 5.57 Å². The third-order valence-corrected chi connectivity index (χ3v) is 8.87. The number of aliphatic hydroxyl groups excluding tert-OH is 1. The molecule has 1 aliphatic rings. The zero-order chi connectivity index (χ0) is 27.8. The van der Waals surface area contributed by atoms with Gasteiger partial charge in [0.25, 0.3) is 5.91 Å². The molecular formula is C30H31N3O4S2. The van der Waals surface area contributed by atoms with Crippen LogP contribution in [-0.4, -0.2) is 33.4 Å². The molecule has 0 saturated heterocycles. The van der Waals surface area contributed by atoms with E-state index in [0.29, 0.717) is 33.6 Å². The van der Waals surface area contributed by atoms with Crippen molar-refractivity contribution in [2.45, 2.75) is 59.9 Å². The van der Waals surface area contributed by atoms with Crippen LogP contribution in [0.5, 0.6) is 5.75 Å². The molecule has 1 unspecified atom stereocenters. The summed E-state index contributed by atoms with van der Waals surface area (Å²) in [7, 11) is 0. The quantitative estimate of drug-likeness (QED) is 0.170. The Bertz CT molecular complexity index is 1600. The number of nitrogens with zero attached hydrogens (tertiary/aromatic N) is 3. The first-order valence-electron chi connectivity index (χ1n) is 13.1. The highest BCUT2D eigenvalue weighted by Gasteiger charge is 2.46. The Balaban J connectivity index is 1.59. The number of carbonyl (C=O) groups excluding carboxylic acids is 2. The zero-order valence-corrected chi connectivity index (χ0v) is 24.3. The molecule has 5 rings (SSSR count). The van der Waals surface area contributed by atoms with Gasteiger partial charge in [-0.2, -0.15) is 0 Å². The van der Waals surface area contributed by atoms with E-state index in [1.807, 2.05) is 57.2 Å². The Morgan fingerprint density at radius 3 is 2.46 bits per heavy atom. The van der Waals surface area contributed by atoms with E-state index in [0.717, 1.165) is 45.6 Å². The number of thiazole rings is 2. The Kier molecular flexibility index (Phi) is 7.55. The lowest BCUT2D eigenvalue weighted by molar-refractivity contribution is -0.117. The van der Waals surface area contributed by atoms with Gasteiger partial charge in [0.2, 0.25) is 5.78 Å². The molecule has 1 atom stereocenters. The normalized spacial score (nSPS) is 15.6. The lowest BCUT2D eigenvalue weighted by atomic mass is 9.95. The molecule has 1 amide bonds. The number of aryl methyl sites for hydroxylation is 4. The third-order valence-electron chi connectivity index (χ3n) is 6.80. The Morgan fingerprint density at radius 2 is 1.79 bits per heavy atom. The van der Waals surface area contributed by atoms with Gasteiger partial charge in [0.1, 0.15) is 5.75 Å². The smallest absolute Gasteiger partial charge is 0.296 e. The Morgan fingerprint density at radius 1 is 1.05 bits per heavy atom. The number of carbonyl (C=O) groups is 2. The van der Waals surface area contributed by atoms with Crippen LogP contribution in [-0.2, 0) is 4.79 Å². The van der Waals surface area contributed by atoms with E-state index < -0.39 is 23.5 Å². The molecule has 4 aromatic rings. The fourth-order valence-corrected chi connectivity index (χ4v) is 7.01. The van der Waals surface area contributed by atoms with Gasteiger partial charge in [-0.05, 0) is 69.0 Å². The number of aliphatic hydroxyl groups is 1. The van der Waals surface area contributed by atoms with Gasteiger partial charge in [-0.1, -0.05) is 49.3 Å². The van der Waals surface area contributed by atoms with Gasteiger partial charge in [0.05, 0.1) is 44.0 Å². The number of Topliss-reactive ketones (excluding diaryl/α,β-unsaturated/α-hetero) is 1. The maximum atomic E-state index is 13.9.